The van der Waals surface area contributed by atoms with E-state index in [2.05, 4.69) is 16.8 Å². The molecule has 0 spiro atoms. The number of benzene rings is 3. The highest BCUT2D eigenvalue weighted by Crippen LogP contribution is 2.33. The van der Waals surface area contributed by atoms with E-state index in [0.29, 0.717) is 54.7 Å². The van der Waals surface area contributed by atoms with Crippen molar-refractivity contribution < 1.29 is 37.4 Å². The van der Waals surface area contributed by atoms with Crippen LogP contribution in [-0.4, -0.2) is 91.9 Å². The number of aliphatic hydroxyl groups is 1. The number of ether oxygens (including phenoxy) is 1. The molecule has 4 rings (SSSR count). The summed E-state index contributed by atoms with van der Waals surface area (Å²) in [6.07, 6.45) is -3.42. The van der Waals surface area contributed by atoms with Crippen LogP contribution in [0.4, 0.5) is 24.5 Å². The van der Waals surface area contributed by atoms with E-state index in [1.165, 1.54) is 6.07 Å². The van der Waals surface area contributed by atoms with Gasteiger partial charge in [-0.25, -0.2) is 4.99 Å². The number of anilines is 1. The second-order valence-electron chi connectivity index (χ2n) is 12.0. The van der Waals surface area contributed by atoms with E-state index in [-0.39, 0.29) is 24.5 Å². The summed E-state index contributed by atoms with van der Waals surface area (Å²) in [4.78, 5) is 44.1. The van der Waals surface area contributed by atoms with Crippen LogP contribution in [0.2, 0.25) is 0 Å². The molecule has 3 aromatic rings. The van der Waals surface area contributed by atoms with E-state index in [4.69, 9.17) is 21.2 Å². The molecule has 0 radical (unpaired) electrons. The number of carbonyl (C=O) groups is 3. The molecule has 1 heterocycles. The highest BCUT2D eigenvalue weighted by Gasteiger charge is 2.31. The Morgan fingerprint density at radius 3 is 2.33 bits per heavy atom. The van der Waals surface area contributed by atoms with Crippen LogP contribution < -0.4 is 16.8 Å². The molecule has 2 amide bonds. The van der Waals surface area contributed by atoms with Crippen molar-refractivity contribution >= 4 is 35.3 Å². The fourth-order valence-electron chi connectivity index (χ4n) is 5.36. The summed E-state index contributed by atoms with van der Waals surface area (Å²) < 4.78 is 41.6. The van der Waals surface area contributed by atoms with Gasteiger partial charge in [-0.1, -0.05) is 43.0 Å². The number of morpholine rings is 1. The Kier molecular flexibility index (Phi) is 15.7. The summed E-state index contributed by atoms with van der Waals surface area (Å²) in [5, 5.41) is 12.6. The number of para-hydroxylation sites is 1. The van der Waals surface area contributed by atoms with Crippen LogP contribution in [0.3, 0.4) is 0 Å². The third-order valence-electron chi connectivity index (χ3n) is 7.99. The maximum absolute atomic E-state index is 12.9. The van der Waals surface area contributed by atoms with Gasteiger partial charge in [0.05, 0.1) is 31.1 Å². The maximum atomic E-state index is 12.9. The van der Waals surface area contributed by atoms with Crippen molar-refractivity contribution in [2.45, 2.75) is 25.4 Å². The lowest BCUT2D eigenvalue weighted by molar-refractivity contribution is -0.137. The number of allylic oxidation sites excluding steroid dienone is 1. The fourth-order valence-corrected chi connectivity index (χ4v) is 5.36. The van der Waals surface area contributed by atoms with Gasteiger partial charge < -0.3 is 36.3 Å². The van der Waals surface area contributed by atoms with Crippen LogP contribution in [-0.2, 0) is 20.5 Å². The second kappa shape index (κ2) is 19.9. The summed E-state index contributed by atoms with van der Waals surface area (Å²) in [7, 11) is 1.83. The first kappa shape index (κ1) is 41.1. The molecule has 0 aliphatic carbocycles. The summed E-state index contributed by atoms with van der Waals surface area (Å²) in [5.41, 5.74) is 14.0. The number of likely N-dealkylation sites (N-methyl/N-ethyl adjacent to an activating group) is 1. The Balaban J connectivity index is 0.000000471. The summed E-state index contributed by atoms with van der Waals surface area (Å²) >= 11 is 0. The normalized spacial score (nSPS) is 14.6. The van der Waals surface area contributed by atoms with E-state index in [9.17, 15) is 32.7 Å². The third kappa shape index (κ3) is 12.5. The van der Waals surface area contributed by atoms with Gasteiger partial charge in [-0.05, 0) is 55.0 Å². The van der Waals surface area contributed by atoms with Crippen LogP contribution in [0.1, 0.15) is 40.7 Å². The molecule has 11 nitrogen and oxygen atoms in total. The van der Waals surface area contributed by atoms with E-state index < -0.39 is 23.6 Å². The van der Waals surface area contributed by atoms with Crippen molar-refractivity contribution in [2.75, 3.05) is 58.4 Å². The van der Waals surface area contributed by atoms with Gasteiger partial charge in [0.25, 0.3) is 5.91 Å². The molecule has 14 heteroatoms. The van der Waals surface area contributed by atoms with Gasteiger partial charge in [0.2, 0.25) is 5.91 Å². The van der Waals surface area contributed by atoms with Gasteiger partial charge >= 0.3 is 6.18 Å². The average molecular weight is 723 g/mol. The first-order valence-corrected chi connectivity index (χ1v) is 16.5. The van der Waals surface area contributed by atoms with Crippen molar-refractivity contribution in [3.8, 4) is 0 Å². The van der Waals surface area contributed by atoms with Crippen molar-refractivity contribution in [1.82, 2.24) is 9.80 Å². The average Bonchev–Trinajstić information content (AvgIpc) is 3.12. The van der Waals surface area contributed by atoms with Gasteiger partial charge in [-0.2, -0.15) is 13.2 Å². The van der Waals surface area contributed by atoms with E-state index in [1.54, 1.807) is 13.0 Å². The number of nitrogens with zero attached hydrogens (tertiary/aromatic N) is 3. The van der Waals surface area contributed by atoms with Crippen LogP contribution in [0.25, 0.3) is 0 Å². The van der Waals surface area contributed by atoms with Gasteiger partial charge in [-0.3, -0.25) is 14.5 Å². The number of aliphatic imine (C=N–C) groups is 1. The van der Waals surface area contributed by atoms with Gasteiger partial charge in [-0.15, -0.1) is 0 Å². The molecule has 0 bridgehead atoms. The minimum absolute atomic E-state index is 0.0740. The van der Waals surface area contributed by atoms with Crippen molar-refractivity contribution in [2.24, 2.45) is 16.5 Å². The Morgan fingerprint density at radius 1 is 1.06 bits per heavy atom. The Hall–Kier alpha value is -5.31. The number of nitrogens with two attached hydrogens (primary N) is 2. The van der Waals surface area contributed by atoms with Crippen LogP contribution in [0.5, 0.6) is 0 Å². The Morgan fingerprint density at radius 2 is 1.73 bits per heavy atom. The standard InChI is InChI=1S/C30H39N5O4.C8H6F3NO/c1-22(21-35-14-18-39-19-15-35)30(38)33-26-11-7-8-24(20-26)27(12-16-36)28(23(2)31)29(34(3)13-17-37)32-25-9-5-4-6-10-25;9-8(10,11)6-3-1-2-5(4-6)7(12)13/h4-11,16,20,27,37H,1,12-15,17-19,21,31H2,2-3H3,(H,33,38);1-4H,(H2,12,13)/b28-23-,32-29?;. The predicted molar refractivity (Wildman–Crippen MR) is 195 cm³/mol. The number of primary amides is 1. The second-order valence-corrected chi connectivity index (χ2v) is 12.0. The summed E-state index contributed by atoms with van der Waals surface area (Å²) in [5.74, 6) is -0.989. The molecule has 1 atom stereocenters. The number of halogens is 3. The van der Waals surface area contributed by atoms with Gasteiger partial charge in [0.15, 0.2) is 0 Å². The number of hydrogen-bond acceptors (Lipinski definition) is 8. The monoisotopic (exact) mass is 722 g/mol. The molecular formula is C38H45F3N6O5. The lowest BCUT2D eigenvalue weighted by Gasteiger charge is -2.29. The number of hydrogen-bond donors (Lipinski definition) is 4. The zero-order valence-electron chi connectivity index (χ0n) is 29.2. The van der Waals surface area contributed by atoms with E-state index in [1.807, 2.05) is 60.5 Å². The largest absolute Gasteiger partial charge is 0.416 e. The molecule has 1 aliphatic rings. The molecule has 1 aliphatic heterocycles. The molecule has 1 fully saturated rings. The van der Waals surface area contributed by atoms with Crippen LogP contribution >= 0.6 is 0 Å². The molecule has 1 saturated heterocycles. The number of amidine groups is 1. The molecule has 6 N–H and O–H groups in total. The number of carbonyl (C=O) groups excluding carboxylic acids is 3. The zero-order chi connectivity index (χ0) is 38.3. The van der Waals surface area contributed by atoms with Crippen molar-refractivity contribution in [3.05, 3.63) is 119 Å². The molecule has 0 aromatic heterocycles. The quantitative estimate of drug-likeness (QED) is 0.0840. The van der Waals surface area contributed by atoms with E-state index >= 15 is 0 Å². The Bertz CT molecular complexity index is 1740. The smallest absolute Gasteiger partial charge is 0.402 e. The van der Waals surface area contributed by atoms with E-state index in [0.717, 1.165) is 48.8 Å². The lowest BCUT2D eigenvalue weighted by Crippen LogP contribution is -2.38. The topological polar surface area (TPSA) is 164 Å². The number of alkyl halides is 3. The molecule has 52 heavy (non-hydrogen) atoms. The first-order chi connectivity index (χ1) is 24.7. The third-order valence-corrected chi connectivity index (χ3v) is 7.99. The van der Waals surface area contributed by atoms with Crippen molar-refractivity contribution in [3.63, 3.8) is 0 Å². The summed E-state index contributed by atoms with van der Waals surface area (Å²) in [6.45, 7) is 9.31. The first-order valence-electron chi connectivity index (χ1n) is 16.5. The fraction of sp³-hybridized carbons (Fsp3) is 0.316. The number of aldehydes is 1. The SMILES string of the molecule is C=C(CN1CCOCC1)C(=O)Nc1cccc(C(CC=O)/C(C(=Nc2ccccc2)N(C)CCO)=C(\C)N)c1.NC(=O)c1cccc(C(F)(F)F)c1. The minimum atomic E-state index is -4.44. The van der Waals surface area contributed by atoms with Gasteiger partial charge in [0, 0.05) is 73.7 Å². The van der Waals surface area contributed by atoms with Crippen molar-refractivity contribution in [1.29, 1.82) is 0 Å². The lowest BCUT2D eigenvalue weighted by atomic mass is 9.86. The minimum Gasteiger partial charge on any atom is -0.402 e. The number of rotatable bonds is 13. The van der Waals surface area contributed by atoms with Gasteiger partial charge in [0.1, 0.15) is 12.1 Å². The number of amides is 2. The van der Waals surface area contributed by atoms with Crippen LogP contribution in [0.15, 0.2) is 107 Å². The highest BCUT2D eigenvalue weighted by molar-refractivity contribution is 6.04. The predicted octanol–water partition coefficient (Wildman–Crippen LogP) is 4.88. The maximum Gasteiger partial charge on any atom is 0.416 e. The molecule has 278 valence electrons. The molecular weight excluding hydrogens is 677 g/mol. The van der Waals surface area contributed by atoms with Crippen LogP contribution in [0, 0.1) is 0 Å². The summed E-state index contributed by atoms with van der Waals surface area (Å²) in [6, 6.07) is 20.8. The molecule has 1 unspecified atom stereocenters. The zero-order valence-corrected chi connectivity index (χ0v) is 29.2. The Labute approximate surface area is 301 Å². The molecule has 3 aromatic carbocycles. The molecule has 0 saturated carbocycles. The highest BCUT2D eigenvalue weighted by atomic mass is 19.4. The number of aliphatic hydroxyl groups excluding tert-OH is 1. The number of nitrogens with one attached hydrogen (secondary N) is 1.